The Morgan fingerprint density at radius 3 is 1.90 bits per heavy atom. The lowest BCUT2D eigenvalue weighted by atomic mass is 10.0. The van der Waals surface area contributed by atoms with E-state index in [-0.39, 0.29) is 0 Å². The van der Waals surface area contributed by atoms with Gasteiger partial charge in [0.1, 0.15) is 0 Å². The monoisotopic (exact) mass is 164 g/mol. The summed E-state index contributed by atoms with van der Waals surface area (Å²) in [5, 5.41) is -0.471. The highest BCUT2D eigenvalue weighted by atomic mass is 32.2. The normalized spacial score (nSPS) is 22.9. The van der Waals surface area contributed by atoms with E-state index in [1.165, 1.54) is 0 Å². The molecule has 3 nitrogen and oxygen atoms in total. The average Bonchev–Trinajstić information content (AvgIpc) is 1.88. The maximum absolute atomic E-state index is 10.5. The SMILES string of the molecule is O=S(=O)(O)C1CCCCC1. The van der Waals surface area contributed by atoms with Crippen LogP contribution < -0.4 is 0 Å². The van der Waals surface area contributed by atoms with Gasteiger partial charge in [0.05, 0.1) is 5.25 Å². The molecule has 60 valence electrons. The third kappa shape index (κ3) is 1.95. The number of hydrogen-bond donors (Lipinski definition) is 1. The first-order valence-corrected chi connectivity index (χ1v) is 5.07. The highest BCUT2D eigenvalue weighted by Gasteiger charge is 2.24. The Labute approximate surface area is 61.2 Å². The highest BCUT2D eigenvalue weighted by Crippen LogP contribution is 2.22. The van der Waals surface area contributed by atoms with Crippen LogP contribution in [-0.2, 0) is 10.1 Å². The van der Waals surface area contributed by atoms with Crippen molar-refractivity contribution < 1.29 is 13.0 Å². The Morgan fingerprint density at radius 1 is 1.10 bits per heavy atom. The van der Waals surface area contributed by atoms with Crippen LogP contribution >= 0.6 is 0 Å². The van der Waals surface area contributed by atoms with E-state index in [2.05, 4.69) is 0 Å². The maximum atomic E-state index is 10.5. The second-order valence-corrected chi connectivity index (χ2v) is 4.47. The Balaban J connectivity index is 2.56. The largest absolute Gasteiger partial charge is 0.285 e. The molecule has 0 amide bonds. The molecule has 0 atom stereocenters. The van der Waals surface area contributed by atoms with Crippen molar-refractivity contribution in [1.82, 2.24) is 0 Å². The van der Waals surface area contributed by atoms with Gasteiger partial charge in [-0.1, -0.05) is 19.3 Å². The van der Waals surface area contributed by atoms with Gasteiger partial charge in [-0.3, -0.25) is 4.55 Å². The smallest absolute Gasteiger partial charge is 0.267 e. The Kier molecular flexibility index (Phi) is 2.31. The van der Waals surface area contributed by atoms with Crippen LogP contribution in [0.15, 0.2) is 0 Å². The minimum atomic E-state index is -3.73. The molecular formula is C6H12O3S. The molecule has 1 aliphatic carbocycles. The van der Waals surface area contributed by atoms with Crippen LogP contribution in [-0.4, -0.2) is 18.2 Å². The minimum absolute atomic E-state index is 0.471. The summed E-state index contributed by atoms with van der Waals surface area (Å²) in [6.07, 6.45) is 4.25. The van der Waals surface area contributed by atoms with Crippen LogP contribution in [0.5, 0.6) is 0 Å². The molecule has 10 heavy (non-hydrogen) atoms. The third-order valence-corrected chi connectivity index (χ3v) is 3.29. The van der Waals surface area contributed by atoms with Crippen LogP contribution in [0, 0.1) is 0 Å². The molecule has 0 aromatic rings. The van der Waals surface area contributed by atoms with Crippen molar-refractivity contribution in [2.75, 3.05) is 0 Å². The van der Waals surface area contributed by atoms with Gasteiger partial charge in [-0.2, -0.15) is 8.42 Å². The Bertz CT molecular complexity index is 189. The van der Waals surface area contributed by atoms with Crippen LogP contribution in [0.4, 0.5) is 0 Å². The summed E-state index contributed by atoms with van der Waals surface area (Å²) in [6, 6.07) is 0. The van der Waals surface area contributed by atoms with E-state index in [4.69, 9.17) is 4.55 Å². The molecular weight excluding hydrogens is 152 g/mol. The molecule has 0 aromatic heterocycles. The molecule has 1 fully saturated rings. The van der Waals surface area contributed by atoms with Gasteiger partial charge in [-0.15, -0.1) is 0 Å². The van der Waals surface area contributed by atoms with Crippen LogP contribution in [0.25, 0.3) is 0 Å². The molecule has 1 saturated carbocycles. The van der Waals surface area contributed by atoms with Gasteiger partial charge >= 0.3 is 0 Å². The van der Waals surface area contributed by atoms with Gasteiger partial charge in [0.2, 0.25) is 0 Å². The molecule has 0 saturated heterocycles. The highest BCUT2D eigenvalue weighted by molar-refractivity contribution is 7.86. The molecule has 0 aliphatic heterocycles. The Morgan fingerprint density at radius 2 is 1.60 bits per heavy atom. The zero-order valence-electron chi connectivity index (χ0n) is 5.78. The summed E-state index contributed by atoms with van der Waals surface area (Å²) in [6.45, 7) is 0. The van der Waals surface area contributed by atoms with Crippen molar-refractivity contribution in [3.63, 3.8) is 0 Å². The van der Waals surface area contributed by atoms with Crippen molar-refractivity contribution in [1.29, 1.82) is 0 Å². The summed E-state index contributed by atoms with van der Waals surface area (Å²) in [4.78, 5) is 0. The first-order chi connectivity index (χ1) is 4.61. The Hall–Kier alpha value is -0.0900. The average molecular weight is 164 g/mol. The lowest BCUT2D eigenvalue weighted by Gasteiger charge is -2.17. The van der Waals surface area contributed by atoms with Crippen LogP contribution in [0.2, 0.25) is 0 Å². The second kappa shape index (κ2) is 2.88. The molecule has 0 unspecified atom stereocenters. The molecule has 0 aromatic carbocycles. The molecule has 1 N–H and O–H groups in total. The summed E-state index contributed by atoms with van der Waals surface area (Å²) in [7, 11) is -3.73. The van der Waals surface area contributed by atoms with Gasteiger partial charge in [-0.05, 0) is 12.8 Å². The van der Waals surface area contributed by atoms with E-state index in [9.17, 15) is 8.42 Å². The molecule has 0 heterocycles. The van der Waals surface area contributed by atoms with Gasteiger partial charge in [-0.25, -0.2) is 0 Å². The molecule has 1 rings (SSSR count). The molecule has 0 radical (unpaired) electrons. The summed E-state index contributed by atoms with van der Waals surface area (Å²) in [5.41, 5.74) is 0. The van der Waals surface area contributed by atoms with Crippen molar-refractivity contribution in [3.8, 4) is 0 Å². The fourth-order valence-electron chi connectivity index (χ4n) is 1.36. The molecule has 0 spiro atoms. The predicted molar refractivity (Wildman–Crippen MR) is 38.4 cm³/mol. The lowest BCUT2D eigenvalue weighted by molar-refractivity contribution is 0.425. The van der Waals surface area contributed by atoms with Crippen molar-refractivity contribution in [3.05, 3.63) is 0 Å². The number of hydrogen-bond acceptors (Lipinski definition) is 2. The van der Waals surface area contributed by atoms with Crippen molar-refractivity contribution in [2.45, 2.75) is 37.4 Å². The fourth-order valence-corrected chi connectivity index (χ4v) is 2.29. The van der Waals surface area contributed by atoms with Crippen LogP contribution in [0.1, 0.15) is 32.1 Å². The quantitative estimate of drug-likeness (QED) is 0.592. The van der Waals surface area contributed by atoms with E-state index >= 15 is 0 Å². The van der Waals surface area contributed by atoms with Gasteiger partial charge < -0.3 is 0 Å². The summed E-state index contributed by atoms with van der Waals surface area (Å²) >= 11 is 0. The predicted octanol–water partition coefficient (Wildman–Crippen LogP) is 1.21. The topological polar surface area (TPSA) is 54.4 Å². The zero-order chi connectivity index (χ0) is 7.61. The van der Waals surface area contributed by atoms with E-state index < -0.39 is 15.4 Å². The van der Waals surface area contributed by atoms with E-state index in [0.717, 1.165) is 19.3 Å². The zero-order valence-corrected chi connectivity index (χ0v) is 6.60. The molecule has 0 bridgehead atoms. The van der Waals surface area contributed by atoms with Gasteiger partial charge in [0.15, 0.2) is 0 Å². The second-order valence-electron chi connectivity index (χ2n) is 2.77. The lowest BCUT2D eigenvalue weighted by Crippen LogP contribution is -2.22. The summed E-state index contributed by atoms with van der Waals surface area (Å²) < 4.78 is 29.7. The van der Waals surface area contributed by atoms with E-state index in [0.29, 0.717) is 12.8 Å². The number of rotatable bonds is 1. The fraction of sp³-hybridized carbons (Fsp3) is 1.00. The van der Waals surface area contributed by atoms with E-state index in [1.807, 2.05) is 0 Å². The van der Waals surface area contributed by atoms with Crippen LogP contribution in [0.3, 0.4) is 0 Å². The maximum Gasteiger partial charge on any atom is 0.267 e. The summed E-state index contributed by atoms with van der Waals surface area (Å²) in [5.74, 6) is 0. The van der Waals surface area contributed by atoms with Crippen molar-refractivity contribution in [2.24, 2.45) is 0 Å². The van der Waals surface area contributed by atoms with Gasteiger partial charge in [0, 0.05) is 0 Å². The molecule has 1 aliphatic rings. The van der Waals surface area contributed by atoms with Gasteiger partial charge in [0.25, 0.3) is 10.1 Å². The van der Waals surface area contributed by atoms with Crippen molar-refractivity contribution >= 4 is 10.1 Å². The minimum Gasteiger partial charge on any atom is -0.285 e. The molecule has 4 heteroatoms. The standard InChI is InChI=1S/C6H12O3S/c7-10(8,9)6-4-2-1-3-5-6/h6H,1-5H2,(H,7,8,9). The first kappa shape index (κ1) is 8.01. The first-order valence-electron chi connectivity index (χ1n) is 3.57. The third-order valence-electron chi connectivity index (χ3n) is 1.97. The van der Waals surface area contributed by atoms with E-state index in [1.54, 1.807) is 0 Å².